The topological polar surface area (TPSA) is 70.8 Å². The zero-order chi connectivity index (χ0) is 18.4. The number of methoxy groups -OCH3 is 2. The van der Waals surface area contributed by atoms with Crippen LogP contribution in [0.4, 0.5) is 5.69 Å². The quantitative estimate of drug-likeness (QED) is 0.515. The van der Waals surface area contributed by atoms with Crippen molar-refractivity contribution in [3.8, 4) is 17.2 Å². The highest BCUT2D eigenvalue weighted by Crippen LogP contribution is 2.34. The van der Waals surface area contributed by atoms with Crippen LogP contribution in [0.15, 0.2) is 40.9 Å². The Bertz CT molecular complexity index is 748. The van der Waals surface area contributed by atoms with Crippen LogP contribution in [0.3, 0.4) is 0 Å². The maximum atomic E-state index is 13.1. The second-order valence-corrected chi connectivity index (χ2v) is 6.34. The monoisotopic (exact) mass is 407 g/mol. The lowest BCUT2D eigenvalue weighted by Gasteiger charge is -2.20. The third-order valence-electron chi connectivity index (χ3n) is 3.77. The Kier molecular flexibility index (Phi) is 6.70. The molecule has 0 amide bonds. The number of halogens is 1. The standard InChI is InChI=1S/C19H22BrNO4/c1-4-7-16(25-15-9-6-5-8-14(15)21)19(22)12-10-18(24-3)13(20)11-17(12)23-2/h5-6,8-11,16H,4,7,21H2,1-3H3. The number of carbonyl (C=O) groups is 1. The molecule has 0 saturated carbocycles. The molecule has 0 radical (unpaired) electrons. The molecule has 0 spiro atoms. The first kappa shape index (κ1) is 19.1. The molecule has 0 aliphatic carbocycles. The fourth-order valence-electron chi connectivity index (χ4n) is 2.47. The van der Waals surface area contributed by atoms with Gasteiger partial charge in [-0.2, -0.15) is 0 Å². The van der Waals surface area contributed by atoms with Gasteiger partial charge in [0.1, 0.15) is 17.2 Å². The van der Waals surface area contributed by atoms with Crippen molar-refractivity contribution in [2.45, 2.75) is 25.9 Å². The van der Waals surface area contributed by atoms with Crippen molar-refractivity contribution in [1.82, 2.24) is 0 Å². The van der Waals surface area contributed by atoms with Gasteiger partial charge in [-0.3, -0.25) is 4.79 Å². The van der Waals surface area contributed by atoms with E-state index >= 15 is 0 Å². The molecule has 2 N–H and O–H groups in total. The van der Waals surface area contributed by atoms with Crippen LogP contribution in [0.5, 0.6) is 17.2 Å². The van der Waals surface area contributed by atoms with E-state index < -0.39 is 6.10 Å². The van der Waals surface area contributed by atoms with E-state index in [0.29, 0.717) is 39.4 Å². The lowest BCUT2D eigenvalue weighted by atomic mass is 10.0. The van der Waals surface area contributed by atoms with Crippen LogP contribution in [-0.2, 0) is 0 Å². The number of hydrogen-bond acceptors (Lipinski definition) is 5. The SMILES string of the molecule is CCCC(Oc1ccccc1N)C(=O)c1cc(OC)c(Br)cc1OC. The third-order valence-corrected chi connectivity index (χ3v) is 4.39. The first-order chi connectivity index (χ1) is 12.0. The van der Waals surface area contributed by atoms with Gasteiger partial charge in [-0.1, -0.05) is 25.5 Å². The molecule has 2 aromatic carbocycles. The first-order valence-corrected chi connectivity index (χ1v) is 8.78. The van der Waals surface area contributed by atoms with Crippen molar-refractivity contribution in [2.75, 3.05) is 20.0 Å². The minimum atomic E-state index is -0.658. The van der Waals surface area contributed by atoms with Crippen LogP contribution in [0.1, 0.15) is 30.1 Å². The summed E-state index contributed by atoms with van der Waals surface area (Å²) in [6.07, 6.45) is 0.697. The van der Waals surface area contributed by atoms with Crippen LogP contribution < -0.4 is 19.9 Å². The van der Waals surface area contributed by atoms with Gasteiger partial charge in [0.15, 0.2) is 6.10 Å². The molecule has 0 bridgehead atoms. The zero-order valence-electron chi connectivity index (χ0n) is 14.5. The van der Waals surface area contributed by atoms with E-state index in [4.69, 9.17) is 19.9 Å². The Morgan fingerprint density at radius 3 is 2.40 bits per heavy atom. The predicted octanol–water partition coefficient (Wildman–Crippen LogP) is 4.48. The molecular formula is C19H22BrNO4. The Hall–Kier alpha value is -2.21. The Morgan fingerprint density at radius 1 is 1.12 bits per heavy atom. The Balaban J connectivity index is 2.38. The number of hydrogen-bond donors (Lipinski definition) is 1. The van der Waals surface area contributed by atoms with Gasteiger partial charge in [0.25, 0.3) is 0 Å². The van der Waals surface area contributed by atoms with E-state index in [0.717, 1.165) is 6.42 Å². The smallest absolute Gasteiger partial charge is 0.207 e. The van der Waals surface area contributed by atoms with Gasteiger partial charge in [-0.25, -0.2) is 0 Å². The van der Waals surface area contributed by atoms with Gasteiger partial charge >= 0.3 is 0 Å². The summed E-state index contributed by atoms with van der Waals surface area (Å²) >= 11 is 3.40. The molecule has 0 aromatic heterocycles. The highest BCUT2D eigenvalue weighted by Gasteiger charge is 2.26. The first-order valence-electron chi connectivity index (χ1n) is 7.98. The molecule has 0 heterocycles. The fourth-order valence-corrected chi connectivity index (χ4v) is 2.96. The summed E-state index contributed by atoms with van der Waals surface area (Å²) < 4.78 is 17.3. The summed E-state index contributed by atoms with van der Waals surface area (Å²) in [5.41, 5.74) is 6.85. The van der Waals surface area contributed by atoms with Crippen LogP contribution in [-0.4, -0.2) is 26.1 Å². The zero-order valence-corrected chi connectivity index (χ0v) is 16.1. The molecule has 0 saturated heterocycles. The highest BCUT2D eigenvalue weighted by atomic mass is 79.9. The second-order valence-electron chi connectivity index (χ2n) is 5.48. The largest absolute Gasteiger partial charge is 0.496 e. The normalized spacial score (nSPS) is 11.7. The minimum absolute atomic E-state index is 0.173. The molecule has 0 aliphatic rings. The number of rotatable bonds is 8. The van der Waals surface area contributed by atoms with Gasteiger partial charge < -0.3 is 19.9 Å². The Labute approximate surface area is 156 Å². The van der Waals surface area contributed by atoms with Crippen LogP contribution in [0.25, 0.3) is 0 Å². The average molecular weight is 408 g/mol. The summed E-state index contributed by atoms with van der Waals surface area (Å²) in [6.45, 7) is 2.00. The molecule has 5 nitrogen and oxygen atoms in total. The number of nitrogens with two attached hydrogens (primary N) is 1. The molecule has 25 heavy (non-hydrogen) atoms. The lowest BCUT2D eigenvalue weighted by Crippen LogP contribution is -2.28. The van der Waals surface area contributed by atoms with Crippen LogP contribution >= 0.6 is 15.9 Å². The number of para-hydroxylation sites is 2. The van der Waals surface area contributed by atoms with E-state index in [9.17, 15) is 4.79 Å². The molecule has 1 atom stereocenters. The number of benzene rings is 2. The average Bonchev–Trinajstić information content (AvgIpc) is 2.62. The highest BCUT2D eigenvalue weighted by molar-refractivity contribution is 9.10. The van der Waals surface area contributed by atoms with Crippen LogP contribution in [0, 0.1) is 0 Å². The van der Waals surface area contributed by atoms with E-state index in [1.165, 1.54) is 7.11 Å². The molecule has 1 unspecified atom stereocenters. The number of ketones is 1. The number of nitrogen functional groups attached to an aromatic ring is 1. The van der Waals surface area contributed by atoms with Gasteiger partial charge in [-0.05, 0) is 46.6 Å². The summed E-state index contributed by atoms with van der Waals surface area (Å²) in [5, 5.41) is 0. The van der Waals surface area contributed by atoms with Crippen molar-refractivity contribution >= 4 is 27.4 Å². The van der Waals surface area contributed by atoms with Crippen LogP contribution in [0.2, 0.25) is 0 Å². The van der Waals surface area contributed by atoms with E-state index in [1.54, 1.807) is 31.4 Å². The summed E-state index contributed by atoms with van der Waals surface area (Å²) in [4.78, 5) is 13.1. The number of ether oxygens (including phenoxy) is 3. The van der Waals surface area contributed by atoms with Crippen molar-refractivity contribution < 1.29 is 19.0 Å². The van der Waals surface area contributed by atoms with Crippen molar-refractivity contribution in [3.63, 3.8) is 0 Å². The van der Waals surface area contributed by atoms with E-state index in [1.807, 2.05) is 19.1 Å². The predicted molar refractivity (Wildman–Crippen MR) is 102 cm³/mol. The molecule has 0 aliphatic heterocycles. The maximum absolute atomic E-state index is 13.1. The van der Waals surface area contributed by atoms with Gasteiger partial charge in [-0.15, -0.1) is 0 Å². The molecule has 134 valence electrons. The number of anilines is 1. The van der Waals surface area contributed by atoms with Gasteiger partial charge in [0, 0.05) is 0 Å². The van der Waals surface area contributed by atoms with E-state index in [-0.39, 0.29) is 5.78 Å². The minimum Gasteiger partial charge on any atom is -0.496 e. The second kappa shape index (κ2) is 8.76. The van der Waals surface area contributed by atoms with E-state index in [2.05, 4.69) is 15.9 Å². The molecule has 0 fully saturated rings. The molecule has 2 aromatic rings. The molecule has 6 heteroatoms. The van der Waals surface area contributed by atoms with Crippen molar-refractivity contribution in [3.05, 3.63) is 46.4 Å². The fraction of sp³-hybridized carbons (Fsp3) is 0.316. The summed E-state index contributed by atoms with van der Waals surface area (Å²) in [5.74, 6) is 1.34. The van der Waals surface area contributed by atoms with Crippen molar-refractivity contribution in [1.29, 1.82) is 0 Å². The van der Waals surface area contributed by atoms with Crippen molar-refractivity contribution in [2.24, 2.45) is 0 Å². The summed E-state index contributed by atoms with van der Waals surface area (Å²) in [6, 6.07) is 10.5. The molecular weight excluding hydrogens is 386 g/mol. The summed E-state index contributed by atoms with van der Waals surface area (Å²) in [7, 11) is 3.07. The van der Waals surface area contributed by atoms with Gasteiger partial charge in [0.2, 0.25) is 5.78 Å². The third kappa shape index (κ3) is 4.45. The Morgan fingerprint density at radius 2 is 1.80 bits per heavy atom. The number of Topliss-reactive ketones (excluding diaryl/α,β-unsaturated/α-hetero) is 1. The van der Waals surface area contributed by atoms with Gasteiger partial charge in [0.05, 0.1) is 29.9 Å². The lowest BCUT2D eigenvalue weighted by molar-refractivity contribution is 0.0775. The maximum Gasteiger partial charge on any atom is 0.207 e. The molecule has 2 rings (SSSR count). The number of carbonyl (C=O) groups excluding carboxylic acids is 1.